The number of morpholine rings is 1. The highest BCUT2D eigenvalue weighted by Crippen LogP contribution is 2.22. The van der Waals surface area contributed by atoms with Crippen molar-refractivity contribution in [2.75, 3.05) is 26.3 Å². The van der Waals surface area contributed by atoms with E-state index in [1.807, 2.05) is 0 Å². The molecule has 0 unspecified atom stereocenters. The Hall–Kier alpha value is -1.00. The van der Waals surface area contributed by atoms with Crippen LogP contribution in [0.5, 0.6) is 0 Å². The van der Waals surface area contributed by atoms with E-state index in [0.29, 0.717) is 26.3 Å². The summed E-state index contributed by atoms with van der Waals surface area (Å²) in [5, 5.41) is 0. The molecule has 0 amide bonds. The Morgan fingerprint density at radius 2 is 1.46 bits per heavy atom. The number of hydrogen-bond acceptors (Lipinski definition) is 5. The van der Waals surface area contributed by atoms with Crippen LogP contribution in [0.15, 0.2) is 34.1 Å². The summed E-state index contributed by atoms with van der Waals surface area (Å²) < 4.78 is 59.0. The van der Waals surface area contributed by atoms with Gasteiger partial charge in [-0.05, 0) is 37.1 Å². The van der Waals surface area contributed by atoms with Crippen LogP contribution in [0.25, 0.3) is 0 Å². The summed E-state index contributed by atoms with van der Waals surface area (Å²) in [6, 6.07) is 5.39. The molecule has 1 aliphatic heterocycles. The Balaban J connectivity index is 1.77. The maximum atomic E-state index is 12.5. The first kappa shape index (κ1) is 17.8. The summed E-state index contributed by atoms with van der Waals surface area (Å²) in [5.74, 6) is 0. The second-order valence-corrected chi connectivity index (χ2v) is 9.74. The molecule has 2 fully saturated rings. The van der Waals surface area contributed by atoms with Gasteiger partial charge in [0.15, 0.2) is 0 Å². The van der Waals surface area contributed by atoms with E-state index in [1.165, 1.54) is 28.6 Å². The van der Waals surface area contributed by atoms with Crippen LogP contribution in [0.3, 0.4) is 0 Å². The predicted octanol–water partition coefficient (Wildman–Crippen LogP) is 0.928. The average Bonchev–Trinajstić information content (AvgIpc) is 3.08. The molecule has 1 aromatic carbocycles. The molecule has 2 aliphatic rings. The van der Waals surface area contributed by atoms with Gasteiger partial charge in [-0.3, -0.25) is 0 Å². The molecule has 1 N–H and O–H groups in total. The third-order valence-electron chi connectivity index (χ3n) is 4.42. The number of nitrogens with zero attached hydrogens (tertiary/aromatic N) is 1. The largest absolute Gasteiger partial charge is 0.379 e. The van der Waals surface area contributed by atoms with Gasteiger partial charge in [-0.1, -0.05) is 12.8 Å². The van der Waals surface area contributed by atoms with Gasteiger partial charge >= 0.3 is 0 Å². The fourth-order valence-corrected chi connectivity index (χ4v) is 5.77. The minimum absolute atomic E-state index is 0.0215. The summed E-state index contributed by atoms with van der Waals surface area (Å²) >= 11 is 0. The van der Waals surface area contributed by atoms with E-state index in [1.54, 1.807) is 0 Å². The number of rotatable bonds is 5. The lowest BCUT2D eigenvalue weighted by Crippen LogP contribution is -2.40. The molecule has 134 valence electrons. The Labute approximate surface area is 143 Å². The number of nitrogens with one attached hydrogen (secondary N) is 1. The van der Waals surface area contributed by atoms with Gasteiger partial charge in [0.25, 0.3) is 0 Å². The molecule has 1 aromatic rings. The van der Waals surface area contributed by atoms with Crippen molar-refractivity contribution in [1.82, 2.24) is 9.03 Å². The zero-order valence-corrected chi connectivity index (χ0v) is 15.0. The van der Waals surface area contributed by atoms with Gasteiger partial charge in [0.05, 0.1) is 23.0 Å². The highest BCUT2D eigenvalue weighted by atomic mass is 32.2. The second-order valence-electron chi connectivity index (χ2n) is 6.09. The fourth-order valence-electron chi connectivity index (χ4n) is 3.06. The van der Waals surface area contributed by atoms with E-state index in [-0.39, 0.29) is 15.8 Å². The summed E-state index contributed by atoms with van der Waals surface area (Å²) in [6.45, 7) is 1.37. The SMILES string of the molecule is O=S(=O)(NC1CCCC1)c1ccc(S(=O)(=O)N2CCOCC2)cc1. The smallest absolute Gasteiger partial charge is 0.243 e. The summed E-state index contributed by atoms with van der Waals surface area (Å²) in [7, 11) is -7.22. The van der Waals surface area contributed by atoms with Crippen molar-refractivity contribution in [3.05, 3.63) is 24.3 Å². The molecule has 3 rings (SSSR count). The molecule has 7 nitrogen and oxygen atoms in total. The van der Waals surface area contributed by atoms with E-state index in [4.69, 9.17) is 4.74 Å². The van der Waals surface area contributed by atoms with E-state index in [9.17, 15) is 16.8 Å². The maximum Gasteiger partial charge on any atom is 0.243 e. The highest BCUT2D eigenvalue weighted by molar-refractivity contribution is 7.89. The zero-order chi connectivity index (χ0) is 17.2. The highest BCUT2D eigenvalue weighted by Gasteiger charge is 2.27. The van der Waals surface area contributed by atoms with Crippen molar-refractivity contribution < 1.29 is 21.6 Å². The Morgan fingerprint density at radius 1 is 0.917 bits per heavy atom. The minimum Gasteiger partial charge on any atom is -0.379 e. The molecular weight excluding hydrogens is 352 g/mol. The van der Waals surface area contributed by atoms with Crippen LogP contribution in [-0.2, 0) is 24.8 Å². The number of ether oxygens (including phenoxy) is 1. The van der Waals surface area contributed by atoms with Crippen molar-refractivity contribution in [1.29, 1.82) is 0 Å². The van der Waals surface area contributed by atoms with Crippen LogP contribution in [0.1, 0.15) is 25.7 Å². The molecule has 1 saturated heterocycles. The normalized spacial score (nSPS) is 21.2. The lowest BCUT2D eigenvalue weighted by Gasteiger charge is -2.26. The fraction of sp³-hybridized carbons (Fsp3) is 0.600. The van der Waals surface area contributed by atoms with Gasteiger partial charge in [-0.2, -0.15) is 4.31 Å². The number of sulfonamides is 2. The van der Waals surface area contributed by atoms with Gasteiger partial charge in [0, 0.05) is 19.1 Å². The Kier molecular flexibility index (Phi) is 5.26. The van der Waals surface area contributed by atoms with Crippen LogP contribution in [0.4, 0.5) is 0 Å². The van der Waals surface area contributed by atoms with Gasteiger partial charge in [0.2, 0.25) is 20.0 Å². The van der Waals surface area contributed by atoms with E-state index in [0.717, 1.165) is 25.7 Å². The quantitative estimate of drug-likeness (QED) is 0.828. The van der Waals surface area contributed by atoms with E-state index in [2.05, 4.69) is 4.72 Å². The molecular formula is C15H22N2O5S2. The third-order valence-corrected chi connectivity index (χ3v) is 7.87. The summed E-state index contributed by atoms with van der Waals surface area (Å²) in [5.41, 5.74) is 0. The van der Waals surface area contributed by atoms with Crippen molar-refractivity contribution in [2.45, 2.75) is 41.5 Å². The maximum absolute atomic E-state index is 12.5. The van der Waals surface area contributed by atoms with Crippen molar-refractivity contribution >= 4 is 20.0 Å². The summed E-state index contributed by atoms with van der Waals surface area (Å²) in [4.78, 5) is 0.194. The van der Waals surface area contributed by atoms with Crippen LogP contribution in [0.2, 0.25) is 0 Å². The molecule has 0 radical (unpaired) electrons. The molecule has 1 heterocycles. The molecule has 9 heteroatoms. The molecule has 0 aromatic heterocycles. The lowest BCUT2D eigenvalue weighted by atomic mass is 10.3. The molecule has 24 heavy (non-hydrogen) atoms. The topological polar surface area (TPSA) is 92.8 Å². The van der Waals surface area contributed by atoms with Crippen molar-refractivity contribution in [3.8, 4) is 0 Å². The van der Waals surface area contributed by atoms with Gasteiger partial charge in [-0.15, -0.1) is 0 Å². The summed E-state index contributed by atoms with van der Waals surface area (Å²) in [6.07, 6.45) is 3.76. The van der Waals surface area contributed by atoms with E-state index >= 15 is 0 Å². The van der Waals surface area contributed by atoms with Crippen LogP contribution in [-0.4, -0.2) is 53.5 Å². The monoisotopic (exact) mass is 374 g/mol. The molecule has 1 saturated carbocycles. The second kappa shape index (κ2) is 7.09. The lowest BCUT2D eigenvalue weighted by molar-refractivity contribution is 0.0730. The first-order chi connectivity index (χ1) is 11.4. The average molecular weight is 374 g/mol. The molecule has 0 bridgehead atoms. The van der Waals surface area contributed by atoms with Crippen LogP contribution in [0, 0.1) is 0 Å². The number of hydrogen-bond donors (Lipinski definition) is 1. The Bertz CT molecular complexity index is 763. The predicted molar refractivity (Wildman–Crippen MR) is 88.6 cm³/mol. The van der Waals surface area contributed by atoms with Gasteiger partial charge in [0.1, 0.15) is 0 Å². The Morgan fingerprint density at radius 3 is 2.04 bits per heavy atom. The zero-order valence-electron chi connectivity index (χ0n) is 13.3. The van der Waals surface area contributed by atoms with Gasteiger partial charge in [-0.25, -0.2) is 21.6 Å². The van der Waals surface area contributed by atoms with Crippen molar-refractivity contribution in [3.63, 3.8) is 0 Å². The molecule has 0 atom stereocenters. The molecule has 1 aliphatic carbocycles. The number of benzene rings is 1. The van der Waals surface area contributed by atoms with E-state index < -0.39 is 20.0 Å². The van der Waals surface area contributed by atoms with Gasteiger partial charge < -0.3 is 4.74 Å². The standard InChI is InChI=1S/C15H22N2O5S2/c18-23(19,16-13-3-1-2-4-13)14-5-7-15(8-6-14)24(20,21)17-9-11-22-12-10-17/h5-8,13,16H,1-4,9-12H2. The third kappa shape index (κ3) is 3.80. The van der Waals surface area contributed by atoms with Crippen molar-refractivity contribution in [2.24, 2.45) is 0 Å². The first-order valence-corrected chi connectivity index (χ1v) is 11.0. The first-order valence-electron chi connectivity index (χ1n) is 8.10. The van der Waals surface area contributed by atoms with Crippen LogP contribution >= 0.6 is 0 Å². The molecule has 0 spiro atoms. The minimum atomic E-state index is -3.61. The van der Waals surface area contributed by atoms with Crippen LogP contribution < -0.4 is 4.72 Å².